The van der Waals surface area contributed by atoms with Gasteiger partial charge in [0, 0.05) is 42.0 Å². The molecule has 0 atom stereocenters. The van der Waals surface area contributed by atoms with Gasteiger partial charge >= 0.3 is 0 Å². The van der Waals surface area contributed by atoms with Crippen LogP contribution in [0, 0.1) is 0 Å². The minimum absolute atomic E-state index is 0.117. The highest BCUT2D eigenvalue weighted by Crippen LogP contribution is 2.49. The molecule has 122 valence electrons. The van der Waals surface area contributed by atoms with Crippen LogP contribution in [0.2, 0.25) is 5.02 Å². The summed E-state index contributed by atoms with van der Waals surface area (Å²) in [6.07, 6.45) is 3.67. The molecule has 2 fully saturated rings. The number of piperazine rings is 1. The molecule has 0 N–H and O–H groups in total. The number of thiazole rings is 1. The molecule has 0 unspecified atom stereocenters. The van der Waals surface area contributed by atoms with E-state index >= 15 is 0 Å². The third-order valence-corrected chi connectivity index (χ3v) is 6.51. The van der Waals surface area contributed by atoms with E-state index in [-0.39, 0.29) is 5.41 Å². The van der Waals surface area contributed by atoms with Crippen molar-refractivity contribution in [3.8, 4) is 0 Å². The van der Waals surface area contributed by atoms with Crippen LogP contribution in [0.25, 0.3) is 0 Å². The summed E-state index contributed by atoms with van der Waals surface area (Å²) < 4.78 is 0. The van der Waals surface area contributed by atoms with Crippen LogP contribution in [0.4, 0.5) is 5.13 Å². The van der Waals surface area contributed by atoms with E-state index in [0.717, 1.165) is 31.2 Å². The van der Waals surface area contributed by atoms with Crippen LogP contribution in [0.3, 0.4) is 0 Å². The first-order valence-electron chi connectivity index (χ1n) is 8.33. The zero-order valence-electron chi connectivity index (χ0n) is 13.5. The molecule has 1 aromatic heterocycles. The molecule has 0 radical (unpaired) electrons. The van der Waals surface area contributed by atoms with Gasteiger partial charge in [0.05, 0.1) is 5.69 Å². The summed E-state index contributed by atoms with van der Waals surface area (Å²) in [5.74, 6) is 0. The van der Waals surface area contributed by atoms with Gasteiger partial charge in [0.15, 0.2) is 5.13 Å². The van der Waals surface area contributed by atoms with Crippen LogP contribution in [0.1, 0.15) is 30.5 Å². The van der Waals surface area contributed by atoms with Gasteiger partial charge in [-0.3, -0.25) is 0 Å². The molecule has 2 heterocycles. The molecule has 23 heavy (non-hydrogen) atoms. The molecule has 1 aliphatic carbocycles. The summed E-state index contributed by atoms with van der Waals surface area (Å²) in [5.41, 5.74) is 2.74. The van der Waals surface area contributed by atoms with Crippen LogP contribution in [-0.4, -0.2) is 43.1 Å². The van der Waals surface area contributed by atoms with E-state index in [2.05, 4.69) is 34.4 Å². The average molecular weight is 348 g/mol. The Labute approximate surface area is 146 Å². The summed E-state index contributed by atoms with van der Waals surface area (Å²) in [7, 11) is 2.19. The standard InChI is InChI=1S/C18H22ClN3S/c1-21-9-11-22(12-10-21)17-20-16(13-23-17)18(7-2-8-18)14-3-5-15(19)6-4-14/h3-6,13H,2,7-12H2,1H3. The molecule has 4 rings (SSSR count). The first-order chi connectivity index (χ1) is 11.2. The molecule has 1 aliphatic heterocycles. The molecule has 0 spiro atoms. The largest absolute Gasteiger partial charge is 0.346 e. The van der Waals surface area contributed by atoms with E-state index < -0.39 is 0 Å². The van der Waals surface area contributed by atoms with Crippen molar-refractivity contribution in [2.45, 2.75) is 24.7 Å². The van der Waals surface area contributed by atoms with Gasteiger partial charge in [-0.05, 0) is 37.6 Å². The van der Waals surface area contributed by atoms with Crippen LogP contribution < -0.4 is 4.90 Å². The monoisotopic (exact) mass is 347 g/mol. The van der Waals surface area contributed by atoms with Crippen molar-refractivity contribution in [2.75, 3.05) is 38.1 Å². The number of nitrogens with zero attached hydrogens (tertiary/aromatic N) is 3. The molecule has 5 heteroatoms. The quantitative estimate of drug-likeness (QED) is 0.836. The van der Waals surface area contributed by atoms with Crippen molar-refractivity contribution in [3.05, 3.63) is 45.9 Å². The number of hydrogen-bond donors (Lipinski definition) is 0. The summed E-state index contributed by atoms with van der Waals surface area (Å²) >= 11 is 7.86. The maximum atomic E-state index is 6.06. The Morgan fingerprint density at radius 2 is 1.78 bits per heavy atom. The summed E-state index contributed by atoms with van der Waals surface area (Å²) in [6, 6.07) is 8.36. The fraction of sp³-hybridized carbons (Fsp3) is 0.500. The summed E-state index contributed by atoms with van der Waals surface area (Å²) in [6.45, 7) is 4.41. The number of aromatic nitrogens is 1. The third kappa shape index (κ3) is 2.77. The number of benzene rings is 1. The number of halogens is 1. The lowest BCUT2D eigenvalue weighted by atomic mass is 9.63. The molecule has 0 amide bonds. The van der Waals surface area contributed by atoms with E-state index in [4.69, 9.17) is 16.6 Å². The SMILES string of the molecule is CN1CCN(c2nc(C3(c4ccc(Cl)cc4)CCC3)cs2)CC1. The molecule has 1 saturated heterocycles. The molecule has 2 aliphatic rings. The van der Waals surface area contributed by atoms with Crippen molar-refractivity contribution in [3.63, 3.8) is 0 Å². The number of hydrogen-bond acceptors (Lipinski definition) is 4. The Morgan fingerprint density at radius 1 is 1.09 bits per heavy atom. The Morgan fingerprint density at radius 3 is 2.39 bits per heavy atom. The van der Waals surface area contributed by atoms with Crippen molar-refractivity contribution >= 4 is 28.1 Å². The van der Waals surface area contributed by atoms with Crippen LogP contribution in [0.15, 0.2) is 29.6 Å². The smallest absolute Gasteiger partial charge is 0.185 e. The van der Waals surface area contributed by atoms with Gasteiger partial charge in [0.2, 0.25) is 0 Å². The van der Waals surface area contributed by atoms with Gasteiger partial charge in [0.25, 0.3) is 0 Å². The maximum absolute atomic E-state index is 6.06. The Hall–Kier alpha value is -1.10. The first kappa shape index (κ1) is 15.4. The lowest BCUT2D eigenvalue weighted by Crippen LogP contribution is -2.44. The van der Waals surface area contributed by atoms with E-state index in [1.165, 1.54) is 35.7 Å². The maximum Gasteiger partial charge on any atom is 0.185 e. The minimum Gasteiger partial charge on any atom is -0.346 e. The second kappa shape index (κ2) is 6.08. The van der Waals surface area contributed by atoms with Gasteiger partial charge in [-0.2, -0.15) is 0 Å². The summed E-state index contributed by atoms with van der Waals surface area (Å²) in [5, 5.41) is 4.27. The Kier molecular flexibility index (Phi) is 4.08. The normalized spacial score (nSPS) is 21.2. The Bertz CT molecular complexity index is 670. The highest BCUT2D eigenvalue weighted by Gasteiger charge is 2.42. The van der Waals surface area contributed by atoms with Crippen LogP contribution in [-0.2, 0) is 5.41 Å². The zero-order valence-corrected chi connectivity index (χ0v) is 15.0. The van der Waals surface area contributed by atoms with E-state index in [1.807, 2.05) is 12.1 Å². The van der Waals surface area contributed by atoms with Crippen molar-refractivity contribution in [1.29, 1.82) is 0 Å². The van der Waals surface area contributed by atoms with Crippen LogP contribution in [0.5, 0.6) is 0 Å². The second-order valence-corrected chi connectivity index (χ2v) is 8.02. The van der Waals surface area contributed by atoms with Gasteiger partial charge in [0.1, 0.15) is 0 Å². The third-order valence-electron chi connectivity index (χ3n) is 5.36. The topological polar surface area (TPSA) is 19.4 Å². The molecule has 1 saturated carbocycles. The fourth-order valence-electron chi connectivity index (χ4n) is 3.62. The molecular formula is C18H22ClN3S. The van der Waals surface area contributed by atoms with Crippen molar-refractivity contribution in [2.24, 2.45) is 0 Å². The number of likely N-dealkylation sites (N-methyl/N-ethyl adjacent to an activating group) is 1. The highest BCUT2D eigenvalue weighted by atomic mass is 35.5. The number of anilines is 1. The van der Waals surface area contributed by atoms with E-state index in [1.54, 1.807) is 11.3 Å². The fourth-order valence-corrected chi connectivity index (χ4v) is 4.72. The average Bonchev–Trinajstić information content (AvgIpc) is 2.99. The second-order valence-electron chi connectivity index (χ2n) is 6.75. The number of rotatable bonds is 3. The predicted octanol–water partition coefficient (Wildman–Crippen LogP) is 4.02. The zero-order chi connectivity index (χ0) is 15.9. The summed E-state index contributed by atoms with van der Waals surface area (Å²) in [4.78, 5) is 9.86. The first-order valence-corrected chi connectivity index (χ1v) is 9.59. The lowest BCUT2D eigenvalue weighted by Gasteiger charge is -2.41. The van der Waals surface area contributed by atoms with Gasteiger partial charge in [-0.25, -0.2) is 4.98 Å². The van der Waals surface area contributed by atoms with Gasteiger partial charge < -0.3 is 9.80 Å². The highest BCUT2D eigenvalue weighted by molar-refractivity contribution is 7.13. The molecule has 3 nitrogen and oxygen atoms in total. The van der Waals surface area contributed by atoms with E-state index in [9.17, 15) is 0 Å². The van der Waals surface area contributed by atoms with Crippen molar-refractivity contribution in [1.82, 2.24) is 9.88 Å². The molecular weight excluding hydrogens is 326 g/mol. The molecule has 1 aromatic carbocycles. The van der Waals surface area contributed by atoms with Crippen LogP contribution >= 0.6 is 22.9 Å². The van der Waals surface area contributed by atoms with Gasteiger partial charge in [-0.15, -0.1) is 11.3 Å². The predicted molar refractivity (Wildman–Crippen MR) is 97.9 cm³/mol. The minimum atomic E-state index is 0.117. The van der Waals surface area contributed by atoms with Crippen molar-refractivity contribution < 1.29 is 0 Å². The van der Waals surface area contributed by atoms with Gasteiger partial charge in [-0.1, -0.05) is 30.2 Å². The van der Waals surface area contributed by atoms with E-state index in [0.29, 0.717) is 0 Å². The Balaban J connectivity index is 1.60. The lowest BCUT2D eigenvalue weighted by molar-refractivity contribution is 0.294. The molecule has 0 bridgehead atoms. The molecule has 2 aromatic rings.